The topological polar surface area (TPSA) is 17.1 Å². The summed E-state index contributed by atoms with van der Waals surface area (Å²) in [7, 11) is 0. The standard InChI is InChI=1S/C10H14O/c1-7-3-4-8-5-6-9(11)10(7,8)2/h5-8H,3-4H2,1-2H3/t7-,8-,10-/m1/s1. The zero-order valence-corrected chi connectivity index (χ0v) is 7.13. The summed E-state index contributed by atoms with van der Waals surface area (Å²) in [5.74, 6) is 1.48. The van der Waals surface area contributed by atoms with Gasteiger partial charge in [-0.3, -0.25) is 4.79 Å². The molecular formula is C10H14O. The third kappa shape index (κ3) is 0.688. The number of hydrogen-bond donors (Lipinski definition) is 0. The predicted octanol–water partition coefficient (Wildman–Crippen LogP) is 2.18. The lowest BCUT2D eigenvalue weighted by Crippen LogP contribution is -2.30. The monoisotopic (exact) mass is 150 g/mol. The van der Waals surface area contributed by atoms with Crippen molar-refractivity contribution in [2.45, 2.75) is 26.7 Å². The lowest BCUT2D eigenvalue weighted by Gasteiger charge is -2.26. The molecule has 1 saturated carbocycles. The highest BCUT2D eigenvalue weighted by molar-refractivity contribution is 5.98. The van der Waals surface area contributed by atoms with Crippen LogP contribution in [0, 0.1) is 17.3 Å². The highest BCUT2D eigenvalue weighted by Gasteiger charge is 2.50. The van der Waals surface area contributed by atoms with Crippen molar-refractivity contribution < 1.29 is 4.79 Å². The van der Waals surface area contributed by atoms with Gasteiger partial charge in [0.2, 0.25) is 0 Å². The highest BCUT2D eigenvalue weighted by Crippen LogP contribution is 2.51. The number of rotatable bonds is 0. The molecule has 0 unspecified atom stereocenters. The van der Waals surface area contributed by atoms with Crippen molar-refractivity contribution >= 4 is 5.78 Å². The van der Waals surface area contributed by atoms with Gasteiger partial charge in [0.25, 0.3) is 0 Å². The molecule has 0 bridgehead atoms. The predicted molar refractivity (Wildman–Crippen MR) is 44.1 cm³/mol. The summed E-state index contributed by atoms with van der Waals surface area (Å²) in [6.45, 7) is 4.32. The van der Waals surface area contributed by atoms with E-state index in [0.29, 0.717) is 17.6 Å². The van der Waals surface area contributed by atoms with E-state index in [4.69, 9.17) is 0 Å². The molecule has 0 aromatic rings. The Morgan fingerprint density at radius 2 is 2.27 bits per heavy atom. The molecule has 0 saturated heterocycles. The molecule has 0 N–H and O–H groups in total. The Hall–Kier alpha value is -0.590. The van der Waals surface area contributed by atoms with Crippen LogP contribution in [-0.4, -0.2) is 5.78 Å². The summed E-state index contributed by atoms with van der Waals surface area (Å²) in [4.78, 5) is 11.5. The summed E-state index contributed by atoms with van der Waals surface area (Å²) in [6.07, 6.45) is 6.31. The summed E-state index contributed by atoms with van der Waals surface area (Å²) < 4.78 is 0. The van der Waals surface area contributed by atoms with Crippen LogP contribution in [0.2, 0.25) is 0 Å². The minimum atomic E-state index is -0.0278. The van der Waals surface area contributed by atoms with Crippen LogP contribution in [0.25, 0.3) is 0 Å². The van der Waals surface area contributed by atoms with E-state index in [9.17, 15) is 4.79 Å². The fourth-order valence-electron chi connectivity index (χ4n) is 2.50. The van der Waals surface area contributed by atoms with Crippen molar-refractivity contribution in [1.29, 1.82) is 0 Å². The quantitative estimate of drug-likeness (QED) is 0.517. The first-order valence-corrected chi connectivity index (χ1v) is 4.38. The van der Waals surface area contributed by atoms with Crippen LogP contribution in [0.3, 0.4) is 0 Å². The van der Waals surface area contributed by atoms with Gasteiger partial charge < -0.3 is 0 Å². The van der Waals surface area contributed by atoms with Gasteiger partial charge in [-0.15, -0.1) is 0 Å². The number of carbonyl (C=O) groups is 1. The average Bonchev–Trinajstić information content (AvgIpc) is 2.40. The second-order valence-corrected chi connectivity index (χ2v) is 4.09. The van der Waals surface area contributed by atoms with Gasteiger partial charge >= 0.3 is 0 Å². The van der Waals surface area contributed by atoms with Crippen molar-refractivity contribution in [3.8, 4) is 0 Å². The van der Waals surface area contributed by atoms with E-state index >= 15 is 0 Å². The van der Waals surface area contributed by atoms with Gasteiger partial charge in [-0.05, 0) is 30.8 Å². The van der Waals surface area contributed by atoms with Crippen LogP contribution >= 0.6 is 0 Å². The van der Waals surface area contributed by atoms with Crippen molar-refractivity contribution in [3.63, 3.8) is 0 Å². The maximum Gasteiger partial charge on any atom is 0.162 e. The van der Waals surface area contributed by atoms with Crippen LogP contribution < -0.4 is 0 Å². The number of hydrogen-bond acceptors (Lipinski definition) is 1. The second kappa shape index (κ2) is 1.96. The number of ketones is 1. The smallest absolute Gasteiger partial charge is 0.162 e. The fourth-order valence-corrected chi connectivity index (χ4v) is 2.50. The van der Waals surface area contributed by atoms with Crippen molar-refractivity contribution in [1.82, 2.24) is 0 Å². The molecule has 0 heterocycles. The number of carbonyl (C=O) groups excluding carboxylic acids is 1. The molecule has 1 nitrogen and oxygen atoms in total. The van der Waals surface area contributed by atoms with Crippen LogP contribution in [-0.2, 0) is 4.79 Å². The van der Waals surface area contributed by atoms with Gasteiger partial charge in [0.1, 0.15) is 0 Å². The second-order valence-electron chi connectivity index (χ2n) is 4.09. The fraction of sp³-hybridized carbons (Fsp3) is 0.700. The lowest BCUT2D eigenvalue weighted by molar-refractivity contribution is -0.124. The van der Waals surface area contributed by atoms with Gasteiger partial charge in [-0.25, -0.2) is 0 Å². The minimum Gasteiger partial charge on any atom is -0.294 e. The molecule has 2 aliphatic rings. The maximum absolute atomic E-state index is 11.5. The first-order valence-electron chi connectivity index (χ1n) is 4.38. The third-order valence-corrected chi connectivity index (χ3v) is 3.72. The Balaban J connectivity index is 2.39. The molecule has 0 spiro atoms. The molecule has 2 rings (SSSR count). The zero-order chi connectivity index (χ0) is 8.06. The summed E-state index contributed by atoms with van der Waals surface area (Å²) in [5, 5.41) is 0. The Labute approximate surface area is 67.5 Å². The van der Waals surface area contributed by atoms with Gasteiger partial charge in [0.05, 0.1) is 0 Å². The van der Waals surface area contributed by atoms with E-state index in [1.54, 1.807) is 6.08 Å². The molecular weight excluding hydrogens is 136 g/mol. The first kappa shape index (κ1) is 7.08. The molecule has 1 fully saturated rings. The average molecular weight is 150 g/mol. The maximum atomic E-state index is 11.5. The Morgan fingerprint density at radius 1 is 1.55 bits per heavy atom. The van der Waals surface area contributed by atoms with Crippen LogP contribution in [0.1, 0.15) is 26.7 Å². The molecule has 1 heteroatoms. The number of fused-ring (bicyclic) bond motifs is 1. The largest absolute Gasteiger partial charge is 0.294 e. The third-order valence-electron chi connectivity index (χ3n) is 3.72. The molecule has 3 atom stereocenters. The zero-order valence-electron chi connectivity index (χ0n) is 7.13. The Kier molecular flexibility index (Phi) is 1.26. The first-order chi connectivity index (χ1) is 5.15. The van der Waals surface area contributed by atoms with Crippen LogP contribution in [0.4, 0.5) is 0 Å². The van der Waals surface area contributed by atoms with Crippen LogP contribution in [0.15, 0.2) is 12.2 Å². The summed E-state index contributed by atoms with van der Waals surface area (Å²) in [5.41, 5.74) is -0.0278. The Morgan fingerprint density at radius 3 is 2.91 bits per heavy atom. The lowest BCUT2D eigenvalue weighted by atomic mass is 9.75. The normalized spacial score (nSPS) is 48.4. The van der Waals surface area contributed by atoms with E-state index in [-0.39, 0.29) is 5.41 Å². The van der Waals surface area contributed by atoms with Gasteiger partial charge in [-0.1, -0.05) is 19.9 Å². The van der Waals surface area contributed by atoms with E-state index in [1.807, 2.05) is 0 Å². The van der Waals surface area contributed by atoms with Gasteiger partial charge in [0, 0.05) is 5.41 Å². The SMILES string of the molecule is C[C@@H]1CC[C@@H]2C=CC(=O)[C@]12C. The highest BCUT2D eigenvalue weighted by atomic mass is 16.1. The molecule has 60 valence electrons. The summed E-state index contributed by atoms with van der Waals surface area (Å²) in [6, 6.07) is 0. The molecule has 0 aromatic carbocycles. The van der Waals surface area contributed by atoms with Crippen molar-refractivity contribution in [2.24, 2.45) is 17.3 Å². The van der Waals surface area contributed by atoms with E-state index < -0.39 is 0 Å². The van der Waals surface area contributed by atoms with Gasteiger partial charge in [0.15, 0.2) is 5.78 Å². The molecule has 11 heavy (non-hydrogen) atoms. The van der Waals surface area contributed by atoms with E-state index in [1.165, 1.54) is 12.8 Å². The minimum absolute atomic E-state index is 0.0278. The van der Waals surface area contributed by atoms with E-state index in [2.05, 4.69) is 19.9 Å². The van der Waals surface area contributed by atoms with Gasteiger partial charge in [-0.2, -0.15) is 0 Å². The molecule has 0 aromatic heterocycles. The summed E-state index contributed by atoms with van der Waals surface area (Å²) >= 11 is 0. The van der Waals surface area contributed by atoms with Crippen LogP contribution in [0.5, 0.6) is 0 Å². The molecule has 2 aliphatic carbocycles. The Bertz CT molecular complexity index is 229. The molecule has 0 radical (unpaired) electrons. The number of allylic oxidation sites excluding steroid dienone is 2. The van der Waals surface area contributed by atoms with E-state index in [0.717, 1.165) is 0 Å². The molecule has 0 aliphatic heterocycles. The molecule has 0 amide bonds. The van der Waals surface area contributed by atoms with Crippen molar-refractivity contribution in [2.75, 3.05) is 0 Å². The van der Waals surface area contributed by atoms with Crippen molar-refractivity contribution in [3.05, 3.63) is 12.2 Å².